The predicted molar refractivity (Wildman–Crippen MR) is 89.2 cm³/mol. The second-order valence-corrected chi connectivity index (χ2v) is 6.64. The number of likely N-dealkylation sites (tertiary alicyclic amines) is 1. The lowest BCUT2D eigenvalue weighted by Gasteiger charge is -2.25. The number of nitrogen functional groups attached to an aromatic ring is 1. The van der Waals surface area contributed by atoms with Gasteiger partial charge in [-0.1, -0.05) is 12.8 Å². The molecule has 0 bridgehead atoms. The van der Waals surface area contributed by atoms with E-state index < -0.39 is 0 Å². The Hall–Kier alpha value is -2.44. The topological polar surface area (TPSA) is 89.9 Å². The minimum Gasteiger partial charge on any atom is -0.382 e. The fourth-order valence-corrected chi connectivity index (χ4v) is 3.92. The number of rotatable bonds is 3. The first-order chi connectivity index (χ1) is 11.7. The van der Waals surface area contributed by atoms with E-state index in [0.29, 0.717) is 17.6 Å². The number of nitrogens with two attached hydrogens (primary N) is 1. The van der Waals surface area contributed by atoms with Gasteiger partial charge in [0, 0.05) is 12.7 Å². The number of amides is 1. The molecule has 4 rings (SSSR count). The third kappa shape index (κ3) is 2.64. The molecule has 1 unspecified atom stereocenters. The number of aromatic nitrogens is 4. The van der Waals surface area contributed by atoms with Crippen molar-refractivity contribution in [3.05, 3.63) is 35.8 Å². The predicted octanol–water partition coefficient (Wildman–Crippen LogP) is 2.35. The molecule has 7 heteroatoms. The van der Waals surface area contributed by atoms with Crippen molar-refractivity contribution in [3.63, 3.8) is 0 Å². The van der Waals surface area contributed by atoms with E-state index in [2.05, 4.69) is 15.3 Å². The lowest BCUT2D eigenvalue weighted by Crippen LogP contribution is -2.33. The molecule has 2 N–H and O–H groups in total. The second-order valence-electron chi connectivity index (χ2n) is 6.64. The first kappa shape index (κ1) is 15.1. The highest BCUT2D eigenvalue weighted by molar-refractivity contribution is 5.93. The Morgan fingerprint density at radius 1 is 1.08 bits per heavy atom. The van der Waals surface area contributed by atoms with Crippen LogP contribution in [0.4, 0.5) is 5.82 Å². The highest BCUT2D eigenvalue weighted by Gasteiger charge is 2.34. The zero-order valence-corrected chi connectivity index (χ0v) is 13.6. The molecule has 2 aromatic heterocycles. The van der Waals surface area contributed by atoms with Gasteiger partial charge in [0.25, 0.3) is 5.91 Å². The number of hydrogen-bond donors (Lipinski definition) is 1. The van der Waals surface area contributed by atoms with E-state index in [1.807, 2.05) is 21.7 Å². The molecule has 1 amide bonds. The van der Waals surface area contributed by atoms with Crippen molar-refractivity contribution in [3.8, 4) is 0 Å². The van der Waals surface area contributed by atoms with E-state index >= 15 is 0 Å². The van der Waals surface area contributed by atoms with Gasteiger partial charge in [0.05, 0.1) is 17.8 Å². The molecule has 1 saturated heterocycles. The molecule has 1 atom stereocenters. The Bertz CT molecular complexity index is 719. The van der Waals surface area contributed by atoms with E-state index in [1.165, 1.54) is 12.8 Å². The molecule has 2 aromatic rings. The summed E-state index contributed by atoms with van der Waals surface area (Å²) in [6.07, 6.45) is 8.25. The van der Waals surface area contributed by atoms with E-state index in [-0.39, 0.29) is 11.9 Å². The number of hydrogen-bond acceptors (Lipinski definition) is 5. The number of anilines is 1. The SMILES string of the molecule is Nc1ccc(C2CCCN2C(=O)c2ccnn2C2CCCC2)nn1. The summed E-state index contributed by atoms with van der Waals surface area (Å²) in [5.41, 5.74) is 7.12. The zero-order valence-electron chi connectivity index (χ0n) is 13.6. The minimum absolute atomic E-state index is 0.0301. The van der Waals surface area contributed by atoms with Crippen molar-refractivity contribution in [1.82, 2.24) is 24.9 Å². The van der Waals surface area contributed by atoms with Crippen molar-refractivity contribution >= 4 is 11.7 Å². The van der Waals surface area contributed by atoms with Crippen LogP contribution in [0.5, 0.6) is 0 Å². The van der Waals surface area contributed by atoms with Gasteiger partial charge in [0.2, 0.25) is 0 Å². The summed E-state index contributed by atoms with van der Waals surface area (Å²) < 4.78 is 1.93. The lowest BCUT2D eigenvalue weighted by atomic mass is 10.1. The Morgan fingerprint density at radius 2 is 1.92 bits per heavy atom. The van der Waals surface area contributed by atoms with Gasteiger partial charge >= 0.3 is 0 Å². The standard InChI is InChI=1S/C17H22N6O/c18-16-8-7-13(20-21-16)14-6-3-11-22(14)17(24)15-9-10-19-23(15)12-4-1-2-5-12/h7-10,12,14H,1-6,11H2,(H2,18,21). The van der Waals surface area contributed by atoms with Crippen molar-refractivity contribution < 1.29 is 4.79 Å². The summed E-state index contributed by atoms with van der Waals surface area (Å²) in [4.78, 5) is 15.0. The molecular weight excluding hydrogens is 304 g/mol. The largest absolute Gasteiger partial charge is 0.382 e. The van der Waals surface area contributed by atoms with Gasteiger partial charge in [-0.2, -0.15) is 10.2 Å². The van der Waals surface area contributed by atoms with Crippen molar-refractivity contribution in [2.24, 2.45) is 0 Å². The normalized spacial score (nSPS) is 21.5. The summed E-state index contributed by atoms with van der Waals surface area (Å²) in [5.74, 6) is 0.439. The molecule has 2 fully saturated rings. The Morgan fingerprint density at radius 3 is 2.67 bits per heavy atom. The molecule has 24 heavy (non-hydrogen) atoms. The first-order valence-corrected chi connectivity index (χ1v) is 8.67. The first-order valence-electron chi connectivity index (χ1n) is 8.67. The number of carbonyl (C=O) groups is 1. The third-order valence-electron chi connectivity index (χ3n) is 5.12. The minimum atomic E-state index is -0.0301. The van der Waals surface area contributed by atoms with Crippen LogP contribution in [0.15, 0.2) is 24.4 Å². The van der Waals surface area contributed by atoms with Crippen LogP contribution in [0, 0.1) is 0 Å². The quantitative estimate of drug-likeness (QED) is 0.935. The van der Waals surface area contributed by atoms with E-state index in [1.54, 1.807) is 12.3 Å². The highest BCUT2D eigenvalue weighted by atomic mass is 16.2. The fourth-order valence-electron chi connectivity index (χ4n) is 3.92. The number of carbonyl (C=O) groups excluding carboxylic acids is 1. The maximum Gasteiger partial charge on any atom is 0.272 e. The molecule has 126 valence electrons. The molecule has 7 nitrogen and oxygen atoms in total. The Balaban J connectivity index is 1.59. The van der Waals surface area contributed by atoms with Crippen LogP contribution in [0.2, 0.25) is 0 Å². The Kier molecular flexibility index (Phi) is 3.92. The summed E-state index contributed by atoms with van der Waals surface area (Å²) in [6.45, 7) is 0.741. The second kappa shape index (κ2) is 6.22. The molecule has 2 aliphatic rings. The number of nitrogens with zero attached hydrogens (tertiary/aromatic N) is 5. The van der Waals surface area contributed by atoms with Crippen LogP contribution in [0.1, 0.15) is 66.8 Å². The Labute approximate surface area is 140 Å². The van der Waals surface area contributed by atoms with Gasteiger partial charge in [-0.15, -0.1) is 5.10 Å². The van der Waals surface area contributed by atoms with E-state index in [9.17, 15) is 4.79 Å². The summed E-state index contributed by atoms with van der Waals surface area (Å²) >= 11 is 0. The van der Waals surface area contributed by atoms with Crippen molar-refractivity contribution in [1.29, 1.82) is 0 Å². The average Bonchev–Trinajstić information content (AvgIpc) is 3.34. The average molecular weight is 326 g/mol. The van der Waals surface area contributed by atoms with Crippen LogP contribution in [-0.2, 0) is 0 Å². The maximum atomic E-state index is 13.1. The molecule has 0 radical (unpaired) electrons. The third-order valence-corrected chi connectivity index (χ3v) is 5.12. The lowest BCUT2D eigenvalue weighted by molar-refractivity contribution is 0.0716. The molecule has 1 aliphatic carbocycles. The van der Waals surface area contributed by atoms with Gasteiger partial charge in [0.15, 0.2) is 0 Å². The molecule has 3 heterocycles. The van der Waals surface area contributed by atoms with Gasteiger partial charge in [-0.3, -0.25) is 9.48 Å². The molecule has 1 aliphatic heterocycles. The molecular formula is C17H22N6O. The van der Waals surface area contributed by atoms with Crippen LogP contribution in [0.25, 0.3) is 0 Å². The van der Waals surface area contributed by atoms with Crippen LogP contribution < -0.4 is 5.73 Å². The summed E-state index contributed by atoms with van der Waals surface area (Å²) in [7, 11) is 0. The van der Waals surface area contributed by atoms with Gasteiger partial charge < -0.3 is 10.6 Å². The van der Waals surface area contributed by atoms with E-state index in [0.717, 1.165) is 37.9 Å². The van der Waals surface area contributed by atoms with Crippen LogP contribution in [0.3, 0.4) is 0 Å². The monoisotopic (exact) mass is 326 g/mol. The van der Waals surface area contributed by atoms with E-state index in [4.69, 9.17) is 5.73 Å². The summed E-state index contributed by atoms with van der Waals surface area (Å²) in [5, 5.41) is 12.5. The fraction of sp³-hybridized carbons (Fsp3) is 0.529. The van der Waals surface area contributed by atoms with Crippen LogP contribution in [-0.4, -0.2) is 37.3 Å². The summed E-state index contributed by atoms with van der Waals surface area (Å²) in [6, 6.07) is 5.78. The van der Waals surface area contributed by atoms with Crippen LogP contribution >= 0.6 is 0 Å². The highest BCUT2D eigenvalue weighted by Crippen LogP contribution is 2.34. The van der Waals surface area contributed by atoms with Gasteiger partial charge in [-0.25, -0.2) is 0 Å². The molecule has 0 spiro atoms. The zero-order chi connectivity index (χ0) is 16.5. The van der Waals surface area contributed by atoms with Crippen molar-refractivity contribution in [2.45, 2.75) is 50.6 Å². The molecule has 1 saturated carbocycles. The maximum absolute atomic E-state index is 13.1. The molecule has 0 aromatic carbocycles. The smallest absolute Gasteiger partial charge is 0.272 e. The van der Waals surface area contributed by atoms with Gasteiger partial charge in [-0.05, 0) is 43.9 Å². The van der Waals surface area contributed by atoms with Crippen molar-refractivity contribution in [2.75, 3.05) is 12.3 Å². The van der Waals surface area contributed by atoms with Gasteiger partial charge in [0.1, 0.15) is 11.5 Å².